The van der Waals surface area contributed by atoms with Crippen molar-refractivity contribution >= 4 is 33.2 Å². The van der Waals surface area contributed by atoms with E-state index in [0.29, 0.717) is 11.4 Å². The first-order valence-electron chi connectivity index (χ1n) is 9.06. The van der Waals surface area contributed by atoms with Crippen LogP contribution in [-0.4, -0.2) is 62.0 Å². The predicted octanol–water partition coefficient (Wildman–Crippen LogP) is 0.383. The molecule has 0 unspecified atom stereocenters. The lowest BCUT2D eigenvalue weighted by Crippen LogP contribution is -2.42. The fourth-order valence-electron chi connectivity index (χ4n) is 3.57. The number of fused-ring (bicyclic) bond motifs is 1. The number of amides is 3. The van der Waals surface area contributed by atoms with Crippen molar-refractivity contribution in [2.24, 2.45) is 0 Å². The zero-order valence-corrected chi connectivity index (χ0v) is 16.7. The van der Waals surface area contributed by atoms with Crippen LogP contribution in [0.25, 0.3) is 0 Å². The highest BCUT2D eigenvalue weighted by Gasteiger charge is 2.39. The fourth-order valence-corrected chi connectivity index (χ4v) is 5.31. The van der Waals surface area contributed by atoms with E-state index in [-0.39, 0.29) is 22.4 Å². The SMILES string of the molecule is COc1ccc(N2C(=O)c3ccc(C(=O)N[C@H]4CS(=O)(=O)C[C@H]4O)cc3C2=O)cc1. The van der Waals surface area contributed by atoms with Crippen LogP contribution in [0.1, 0.15) is 31.1 Å². The summed E-state index contributed by atoms with van der Waals surface area (Å²) in [6.07, 6.45) is -1.19. The second-order valence-electron chi connectivity index (χ2n) is 7.13. The number of rotatable bonds is 4. The van der Waals surface area contributed by atoms with Crippen LogP contribution >= 0.6 is 0 Å². The molecule has 2 aliphatic rings. The number of carbonyl (C=O) groups excluding carboxylic acids is 3. The van der Waals surface area contributed by atoms with Gasteiger partial charge in [-0.1, -0.05) is 0 Å². The van der Waals surface area contributed by atoms with Crippen molar-refractivity contribution in [1.82, 2.24) is 5.32 Å². The third kappa shape index (κ3) is 3.44. The Hall–Kier alpha value is -3.24. The molecule has 2 aromatic rings. The normalized spacial score (nSPS) is 22.1. The van der Waals surface area contributed by atoms with Crippen LogP contribution in [0.4, 0.5) is 5.69 Å². The Morgan fingerprint density at radius 3 is 2.33 bits per heavy atom. The summed E-state index contributed by atoms with van der Waals surface area (Å²) in [6.45, 7) is 0. The number of imide groups is 1. The smallest absolute Gasteiger partial charge is 0.266 e. The van der Waals surface area contributed by atoms with E-state index in [9.17, 15) is 27.9 Å². The van der Waals surface area contributed by atoms with Crippen LogP contribution in [0, 0.1) is 0 Å². The maximum absolute atomic E-state index is 12.8. The molecule has 1 fully saturated rings. The average molecular weight is 430 g/mol. The molecular weight excluding hydrogens is 412 g/mol. The van der Waals surface area contributed by atoms with Crippen molar-refractivity contribution in [1.29, 1.82) is 0 Å². The number of carbonyl (C=O) groups is 3. The molecule has 4 rings (SSSR count). The summed E-state index contributed by atoms with van der Waals surface area (Å²) in [5.74, 6) is -1.91. The first-order chi connectivity index (χ1) is 14.2. The van der Waals surface area contributed by atoms with Gasteiger partial charge in [0.25, 0.3) is 17.7 Å². The van der Waals surface area contributed by atoms with Crippen molar-refractivity contribution in [3.05, 3.63) is 59.2 Å². The van der Waals surface area contributed by atoms with Gasteiger partial charge in [-0.25, -0.2) is 13.3 Å². The number of hydrogen-bond acceptors (Lipinski definition) is 7. The monoisotopic (exact) mass is 430 g/mol. The molecule has 30 heavy (non-hydrogen) atoms. The Bertz CT molecular complexity index is 1160. The van der Waals surface area contributed by atoms with Gasteiger partial charge in [-0.05, 0) is 42.5 Å². The van der Waals surface area contributed by atoms with Crippen LogP contribution in [-0.2, 0) is 9.84 Å². The van der Waals surface area contributed by atoms with Gasteiger partial charge in [0.1, 0.15) is 5.75 Å². The average Bonchev–Trinajstić information content (AvgIpc) is 3.12. The summed E-state index contributed by atoms with van der Waals surface area (Å²) in [5.41, 5.74) is 0.689. The number of hydrogen-bond donors (Lipinski definition) is 2. The number of aliphatic hydroxyl groups is 1. The second-order valence-corrected chi connectivity index (χ2v) is 9.28. The number of sulfone groups is 1. The van der Waals surface area contributed by atoms with E-state index in [1.54, 1.807) is 24.3 Å². The summed E-state index contributed by atoms with van der Waals surface area (Å²) in [4.78, 5) is 39.1. The van der Waals surface area contributed by atoms with Gasteiger partial charge in [-0.15, -0.1) is 0 Å². The number of nitrogens with zero attached hydrogens (tertiary/aromatic N) is 1. The number of ether oxygens (including phenoxy) is 1. The molecule has 2 aromatic carbocycles. The summed E-state index contributed by atoms with van der Waals surface area (Å²) < 4.78 is 28.3. The fraction of sp³-hybridized carbons (Fsp3) is 0.250. The van der Waals surface area contributed by atoms with Crippen molar-refractivity contribution < 1.29 is 32.6 Å². The summed E-state index contributed by atoms with van der Waals surface area (Å²) in [7, 11) is -1.92. The van der Waals surface area contributed by atoms with Gasteiger partial charge in [-0.3, -0.25) is 14.4 Å². The highest BCUT2D eigenvalue weighted by Crippen LogP contribution is 2.30. The molecule has 0 radical (unpaired) electrons. The highest BCUT2D eigenvalue weighted by molar-refractivity contribution is 7.91. The molecule has 3 amide bonds. The van der Waals surface area contributed by atoms with E-state index >= 15 is 0 Å². The minimum absolute atomic E-state index is 0.0723. The molecule has 156 valence electrons. The van der Waals surface area contributed by atoms with E-state index in [1.165, 1.54) is 25.3 Å². The van der Waals surface area contributed by atoms with Gasteiger partial charge in [0, 0.05) is 5.56 Å². The molecule has 2 N–H and O–H groups in total. The Morgan fingerprint density at radius 1 is 1.07 bits per heavy atom. The van der Waals surface area contributed by atoms with Crippen molar-refractivity contribution in [2.75, 3.05) is 23.5 Å². The van der Waals surface area contributed by atoms with Gasteiger partial charge in [0.15, 0.2) is 9.84 Å². The molecule has 2 atom stereocenters. The van der Waals surface area contributed by atoms with Crippen molar-refractivity contribution in [3.63, 3.8) is 0 Å². The van der Waals surface area contributed by atoms with E-state index in [2.05, 4.69) is 5.32 Å². The zero-order chi connectivity index (χ0) is 21.6. The van der Waals surface area contributed by atoms with E-state index < -0.39 is 45.5 Å². The number of anilines is 1. The molecule has 9 nitrogen and oxygen atoms in total. The van der Waals surface area contributed by atoms with E-state index in [4.69, 9.17) is 4.74 Å². The third-order valence-electron chi connectivity index (χ3n) is 5.12. The van der Waals surface area contributed by atoms with Crippen LogP contribution in [0.2, 0.25) is 0 Å². The lowest BCUT2D eigenvalue weighted by atomic mass is 10.0. The Kier molecular flexibility index (Phi) is 4.83. The van der Waals surface area contributed by atoms with Crippen LogP contribution in [0.5, 0.6) is 5.75 Å². The molecule has 2 heterocycles. The largest absolute Gasteiger partial charge is 0.497 e. The maximum atomic E-state index is 12.8. The van der Waals surface area contributed by atoms with Crippen LogP contribution < -0.4 is 15.0 Å². The molecule has 0 aliphatic carbocycles. The number of nitrogens with one attached hydrogen (secondary N) is 1. The van der Waals surface area contributed by atoms with Crippen LogP contribution in [0.15, 0.2) is 42.5 Å². The zero-order valence-electron chi connectivity index (χ0n) is 15.9. The highest BCUT2D eigenvalue weighted by atomic mass is 32.2. The third-order valence-corrected chi connectivity index (χ3v) is 6.83. The molecule has 0 bridgehead atoms. The first kappa shape index (κ1) is 20.0. The lowest BCUT2D eigenvalue weighted by molar-refractivity contribution is 0.0887. The number of methoxy groups -OCH3 is 1. The summed E-state index contributed by atoms with van der Waals surface area (Å²) in [6, 6.07) is 9.54. The molecule has 0 spiro atoms. The minimum atomic E-state index is -3.42. The lowest BCUT2D eigenvalue weighted by Gasteiger charge is -2.15. The summed E-state index contributed by atoms with van der Waals surface area (Å²) in [5, 5.41) is 12.3. The topological polar surface area (TPSA) is 130 Å². The second kappa shape index (κ2) is 7.22. The standard InChI is InChI=1S/C20H18N2O7S/c1-29-13-5-3-12(4-6-13)22-19(25)14-7-2-11(8-15(14)20(22)26)18(24)21-16-9-30(27,28)10-17(16)23/h2-8,16-17,23H,9-10H2,1H3,(H,21,24)/t16-,17+/m0/s1. The quantitative estimate of drug-likeness (QED) is 0.671. The Labute approximate surface area is 172 Å². The minimum Gasteiger partial charge on any atom is -0.497 e. The van der Waals surface area contributed by atoms with Gasteiger partial charge >= 0.3 is 0 Å². The molecule has 10 heteroatoms. The maximum Gasteiger partial charge on any atom is 0.266 e. The Morgan fingerprint density at radius 2 is 1.73 bits per heavy atom. The van der Waals surface area contributed by atoms with E-state index in [0.717, 1.165) is 4.90 Å². The molecule has 1 saturated heterocycles. The Balaban J connectivity index is 1.58. The predicted molar refractivity (Wildman–Crippen MR) is 106 cm³/mol. The summed E-state index contributed by atoms with van der Waals surface area (Å²) >= 11 is 0. The van der Waals surface area contributed by atoms with Crippen LogP contribution in [0.3, 0.4) is 0 Å². The van der Waals surface area contributed by atoms with Gasteiger partial charge in [0.2, 0.25) is 0 Å². The molecule has 0 saturated carbocycles. The number of aliphatic hydroxyl groups excluding tert-OH is 1. The van der Waals surface area contributed by atoms with Crippen molar-refractivity contribution in [2.45, 2.75) is 12.1 Å². The number of benzene rings is 2. The first-order valence-corrected chi connectivity index (χ1v) is 10.9. The molecule has 2 aliphatic heterocycles. The van der Waals surface area contributed by atoms with Crippen molar-refractivity contribution in [3.8, 4) is 5.75 Å². The van der Waals surface area contributed by atoms with Gasteiger partial charge in [-0.2, -0.15) is 0 Å². The molecule has 0 aromatic heterocycles. The molecular formula is C20H18N2O7S. The van der Waals surface area contributed by atoms with Gasteiger partial charge < -0.3 is 15.2 Å². The van der Waals surface area contributed by atoms with Gasteiger partial charge in [0.05, 0.1) is 47.6 Å². The van der Waals surface area contributed by atoms with E-state index in [1.807, 2.05) is 0 Å².